The molecule has 2 rings (SSSR count). The van der Waals surface area contributed by atoms with Gasteiger partial charge in [-0.05, 0) is 31.9 Å². The Kier molecular flexibility index (Phi) is 7.20. The van der Waals surface area contributed by atoms with Crippen LogP contribution in [0.15, 0.2) is 18.2 Å². The molecule has 1 aromatic carbocycles. The van der Waals surface area contributed by atoms with E-state index in [1.807, 2.05) is 0 Å². The first-order chi connectivity index (χ1) is 11.9. The fraction of sp³-hybridized carbons (Fsp3) is 0.556. The molecule has 0 aliphatic heterocycles. The Morgan fingerprint density at radius 3 is 2.64 bits per heavy atom. The van der Waals surface area contributed by atoms with E-state index in [1.54, 1.807) is 26.1 Å². The summed E-state index contributed by atoms with van der Waals surface area (Å²) in [6.07, 6.45) is 5.31. The predicted molar refractivity (Wildman–Crippen MR) is 95.0 cm³/mol. The number of carbonyl (C=O) groups excluding carboxylic acids is 2. The summed E-state index contributed by atoms with van der Waals surface area (Å²) in [6.45, 7) is 1.96. The molecule has 25 heavy (non-hydrogen) atoms. The normalized spacial score (nSPS) is 17.6. The van der Waals surface area contributed by atoms with Crippen LogP contribution in [0.3, 0.4) is 0 Å². The lowest BCUT2D eigenvalue weighted by molar-refractivity contribution is -0.908. The van der Waals surface area contributed by atoms with E-state index in [0.29, 0.717) is 10.6 Å². The molecule has 3 amide bonds. The van der Waals surface area contributed by atoms with E-state index >= 15 is 0 Å². The van der Waals surface area contributed by atoms with Gasteiger partial charge in [0.1, 0.15) is 12.4 Å². The van der Waals surface area contributed by atoms with E-state index in [9.17, 15) is 14.0 Å². The molecule has 138 valence electrons. The van der Waals surface area contributed by atoms with Gasteiger partial charge in [0.25, 0.3) is 5.91 Å². The van der Waals surface area contributed by atoms with Crippen LogP contribution in [-0.2, 0) is 11.3 Å². The van der Waals surface area contributed by atoms with Crippen LogP contribution in [0.25, 0.3) is 0 Å². The van der Waals surface area contributed by atoms with Crippen molar-refractivity contribution in [3.63, 3.8) is 0 Å². The number of rotatable bonds is 5. The Labute approximate surface area is 152 Å². The highest BCUT2D eigenvalue weighted by Gasteiger charge is 2.26. The average Bonchev–Trinajstić information content (AvgIpc) is 2.58. The first kappa shape index (κ1) is 19.7. The molecule has 0 bridgehead atoms. The number of likely N-dealkylation sites (N-methyl/N-ethyl adjacent to an activating group) is 1. The number of quaternary nitrogens is 1. The van der Waals surface area contributed by atoms with Crippen molar-refractivity contribution >= 4 is 23.5 Å². The molecule has 0 radical (unpaired) electrons. The van der Waals surface area contributed by atoms with Gasteiger partial charge in [-0.25, -0.2) is 9.18 Å². The van der Waals surface area contributed by atoms with Gasteiger partial charge in [0.15, 0.2) is 6.04 Å². The minimum atomic E-state index is -0.521. The van der Waals surface area contributed by atoms with Crippen LogP contribution >= 0.6 is 11.6 Å². The summed E-state index contributed by atoms with van der Waals surface area (Å²) in [5, 5.41) is 5.57. The van der Waals surface area contributed by atoms with E-state index in [2.05, 4.69) is 10.6 Å². The maximum atomic E-state index is 13.9. The smallest absolute Gasteiger partial charge is 0.321 e. The molecule has 7 heteroatoms. The Bertz CT molecular complexity index is 600. The van der Waals surface area contributed by atoms with Crippen molar-refractivity contribution in [2.75, 3.05) is 7.05 Å². The molecule has 1 saturated carbocycles. The highest BCUT2D eigenvalue weighted by molar-refractivity contribution is 6.31. The summed E-state index contributed by atoms with van der Waals surface area (Å²) in [4.78, 5) is 25.0. The zero-order valence-corrected chi connectivity index (χ0v) is 15.5. The zero-order chi connectivity index (χ0) is 18.4. The third-order valence-corrected chi connectivity index (χ3v) is 5.18. The van der Waals surface area contributed by atoms with Crippen LogP contribution in [0, 0.1) is 5.82 Å². The Morgan fingerprint density at radius 2 is 2.00 bits per heavy atom. The highest BCUT2D eigenvalue weighted by atomic mass is 35.5. The molecular formula is C18H26ClFN3O2+. The summed E-state index contributed by atoms with van der Waals surface area (Å²) in [7, 11) is 1.77. The van der Waals surface area contributed by atoms with Crippen LogP contribution in [0.5, 0.6) is 0 Å². The standard InChI is InChI=1S/C18H25ClFN3O2/c1-12(23(2)11-14-15(19)9-6-10-16(14)20)17(24)22-18(25)21-13-7-4-3-5-8-13/h6,9-10,12-13H,3-5,7-8,11H2,1-2H3,(H2,21,22,24,25)/p+1/t12-/m1/s1. The number of urea groups is 1. The molecule has 1 aliphatic carbocycles. The summed E-state index contributed by atoms with van der Waals surface area (Å²) in [5.41, 5.74) is 0.368. The maximum absolute atomic E-state index is 13.9. The van der Waals surface area contributed by atoms with E-state index in [0.717, 1.165) is 30.6 Å². The van der Waals surface area contributed by atoms with Crippen molar-refractivity contribution in [1.29, 1.82) is 0 Å². The monoisotopic (exact) mass is 370 g/mol. The van der Waals surface area contributed by atoms with Crippen LogP contribution in [0.1, 0.15) is 44.6 Å². The van der Waals surface area contributed by atoms with E-state index in [4.69, 9.17) is 11.6 Å². The molecule has 1 aromatic rings. The van der Waals surface area contributed by atoms with Crippen LogP contribution in [0.2, 0.25) is 5.02 Å². The highest BCUT2D eigenvalue weighted by Crippen LogP contribution is 2.18. The molecule has 5 nitrogen and oxygen atoms in total. The second-order valence-corrected chi connectivity index (χ2v) is 7.15. The maximum Gasteiger partial charge on any atom is 0.321 e. The van der Waals surface area contributed by atoms with Gasteiger partial charge in [0.05, 0.1) is 17.6 Å². The van der Waals surface area contributed by atoms with Crippen molar-refractivity contribution < 1.29 is 18.9 Å². The molecule has 0 aromatic heterocycles. The summed E-state index contributed by atoms with van der Waals surface area (Å²) >= 11 is 6.03. The van der Waals surface area contributed by atoms with Crippen LogP contribution in [-0.4, -0.2) is 31.1 Å². The van der Waals surface area contributed by atoms with Crippen molar-refractivity contribution in [2.24, 2.45) is 0 Å². The van der Waals surface area contributed by atoms with Gasteiger partial charge in [0, 0.05) is 6.04 Å². The Morgan fingerprint density at radius 1 is 1.32 bits per heavy atom. The number of hydrogen-bond acceptors (Lipinski definition) is 2. The van der Waals surface area contributed by atoms with Gasteiger partial charge >= 0.3 is 6.03 Å². The molecule has 0 spiro atoms. The van der Waals surface area contributed by atoms with Crippen LogP contribution < -0.4 is 15.5 Å². The second kappa shape index (κ2) is 9.15. The number of hydrogen-bond donors (Lipinski definition) is 3. The fourth-order valence-corrected chi connectivity index (χ4v) is 3.28. The first-order valence-electron chi connectivity index (χ1n) is 8.75. The minimum absolute atomic E-state index is 0.138. The van der Waals surface area contributed by atoms with Gasteiger partial charge in [-0.3, -0.25) is 10.1 Å². The van der Waals surface area contributed by atoms with E-state index < -0.39 is 23.8 Å². The third kappa shape index (κ3) is 5.68. The minimum Gasteiger partial charge on any atom is -0.335 e. The quantitative estimate of drug-likeness (QED) is 0.742. The number of halogens is 2. The largest absolute Gasteiger partial charge is 0.335 e. The summed E-state index contributed by atoms with van der Waals surface area (Å²) in [5.74, 6) is -0.784. The summed E-state index contributed by atoms with van der Waals surface area (Å²) < 4.78 is 13.9. The first-order valence-corrected chi connectivity index (χ1v) is 9.13. The molecule has 3 N–H and O–H groups in total. The fourth-order valence-electron chi connectivity index (χ4n) is 3.05. The Balaban J connectivity index is 1.86. The molecule has 1 unspecified atom stereocenters. The van der Waals surface area contributed by atoms with E-state index in [-0.39, 0.29) is 12.6 Å². The Hall–Kier alpha value is -1.66. The van der Waals surface area contributed by atoms with E-state index in [1.165, 1.54) is 12.5 Å². The number of imide groups is 1. The molecule has 0 saturated heterocycles. The lowest BCUT2D eigenvalue weighted by Crippen LogP contribution is -3.12. The van der Waals surface area contributed by atoms with Gasteiger partial charge in [0.2, 0.25) is 0 Å². The molecule has 1 aliphatic rings. The SMILES string of the molecule is C[C@H](C(=O)NC(=O)NC1CCCCC1)[NH+](C)Cc1c(F)cccc1Cl. The van der Waals surface area contributed by atoms with Crippen LogP contribution in [0.4, 0.5) is 9.18 Å². The lowest BCUT2D eigenvalue weighted by atomic mass is 9.96. The predicted octanol–water partition coefficient (Wildman–Crippen LogP) is 2.04. The zero-order valence-electron chi connectivity index (χ0n) is 14.7. The van der Waals surface area contributed by atoms with Crippen molar-refractivity contribution in [3.05, 3.63) is 34.6 Å². The molecule has 1 fully saturated rings. The number of benzene rings is 1. The average molecular weight is 371 g/mol. The van der Waals surface area contributed by atoms with Gasteiger partial charge in [-0.15, -0.1) is 0 Å². The number of carbonyl (C=O) groups is 2. The van der Waals surface area contributed by atoms with Gasteiger partial charge in [-0.2, -0.15) is 0 Å². The molecular weight excluding hydrogens is 345 g/mol. The third-order valence-electron chi connectivity index (χ3n) is 4.83. The molecule has 2 atom stereocenters. The second-order valence-electron chi connectivity index (χ2n) is 6.74. The lowest BCUT2D eigenvalue weighted by Gasteiger charge is -2.24. The van der Waals surface area contributed by atoms with Gasteiger partial charge in [-0.1, -0.05) is 36.9 Å². The number of amides is 3. The topological polar surface area (TPSA) is 62.6 Å². The van der Waals surface area contributed by atoms with Crippen molar-refractivity contribution in [2.45, 2.75) is 57.7 Å². The van der Waals surface area contributed by atoms with Crippen molar-refractivity contribution in [1.82, 2.24) is 10.6 Å². The van der Waals surface area contributed by atoms with Crippen molar-refractivity contribution in [3.8, 4) is 0 Å². The molecule has 0 heterocycles. The number of nitrogens with one attached hydrogen (secondary N) is 3. The summed E-state index contributed by atoms with van der Waals surface area (Å²) in [6, 6.07) is 3.67. The van der Waals surface area contributed by atoms with Gasteiger partial charge < -0.3 is 10.2 Å².